The smallest absolute Gasteiger partial charge is 0.201 e. The van der Waals surface area contributed by atoms with Gasteiger partial charge in [-0.25, -0.2) is 4.68 Å². The number of nitrogens with two attached hydrogens (primary N) is 2. The zero-order valence-electron chi connectivity index (χ0n) is 8.60. The fraction of sp³-hybridized carbons (Fsp3) is 0.222. The number of hydrogen-bond donors (Lipinski definition) is 2. The topological polar surface area (TPSA) is 95.6 Å². The van der Waals surface area contributed by atoms with Gasteiger partial charge in [0.05, 0.1) is 17.6 Å². The van der Waals surface area contributed by atoms with Crippen LogP contribution in [0.3, 0.4) is 0 Å². The fourth-order valence-electron chi connectivity index (χ4n) is 1.40. The van der Waals surface area contributed by atoms with Gasteiger partial charge in [0, 0.05) is 5.69 Å². The summed E-state index contributed by atoms with van der Waals surface area (Å²) in [7, 11) is 0. The molecule has 0 radical (unpaired) electrons. The van der Waals surface area contributed by atoms with Crippen molar-refractivity contribution in [3.63, 3.8) is 0 Å². The van der Waals surface area contributed by atoms with E-state index in [-0.39, 0.29) is 0 Å². The van der Waals surface area contributed by atoms with Gasteiger partial charge in [0.1, 0.15) is 5.69 Å². The molecule has 0 aromatic carbocycles. The number of aromatic nitrogens is 4. The molecule has 2 aromatic rings. The molecule has 6 nitrogen and oxygen atoms in total. The summed E-state index contributed by atoms with van der Waals surface area (Å²) in [4.78, 5) is 0. The summed E-state index contributed by atoms with van der Waals surface area (Å²) < 4.78 is 1.63. The highest BCUT2D eigenvalue weighted by Gasteiger charge is 2.10. The average molecular weight is 204 g/mol. The quantitative estimate of drug-likeness (QED) is 0.702. The number of aryl methyl sites for hydroxylation is 2. The van der Waals surface area contributed by atoms with E-state index in [0.717, 1.165) is 11.4 Å². The van der Waals surface area contributed by atoms with Crippen molar-refractivity contribution in [3.8, 4) is 5.82 Å². The first-order valence-corrected chi connectivity index (χ1v) is 4.50. The first-order valence-electron chi connectivity index (χ1n) is 4.50. The molecule has 0 aliphatic rings. The Hall–Kier alpha value is -2.11. The van der Waals surface area contributed by atoms with Crippen molar-refractivity contribution in [1.82, 2.24) is 20.0 Å². The van der Waals surface area contributed by atoms with Crippen LogP contribution in [-0.2, 0) is 0 Å². The predicted molar refractivity (Wildman–Crippen MR) is 57.5 cm³/mol. The summed E-state index contributed by atoms with van der Waals surface area (Å²) in [5, 5.41) is 11.9. The van der Waals surface area contributed by atoms with Crippen LogP contribution in [0.1, 0.15) is 11.4 Å². The van der Waals surface area contributed by atoms with Gasteiger partial charge in [0.15, 0.2) is 0 Å². The third-order valence-corrected chi connectivity index (χ3v) is 2.11. The number of anilines is 2. The van der Waals surface area contributed by atoms with E-state index in [1.807, 2.05) is 19.9 Å². The van der Waals surface area contributed by atoms with Crippen LogP contribution in [-0.4, -0.2) is 20.0 Å². The molecule has 0 saturated carbocycles. The Morgan fingerprint density at radius 2 is 2.00 bits per heavy atom. The second-order valence-electron chi connectivity index (χ2n) is 3.38. The normalized spacial score (nSPS) is 10.5. The minimum atomic E-state index is 0.399. The Balaban J connectivity index is 2.64. The monoisotopic (exact) mass is 204 g/mol. The molecule has 0 unspecified atom stereocenters. The van der Waals surface area contributed by atoms with E-state index >= 15 is 0 Å². The SMILES string of the molecule is Cc1cc(C)n(-c2nncc(N)c2N)n1. The molecular weight excluding hydrogens is 192 g/mol. The van der Waals surface area contributed by atoms with Gasteiger partial charge in [-0.2, -0.15) is 10.2 Å². The first kappa shape index (κ1) is 9.45. The maximum Gasteiger partial charge on any atom is 0.201 e. The van der Waals surface area contributed by atoms with Crippen LogP contribution in [0.4, 0.5) is 11.4 Å². The minimum Gasteiger partial charge on any atom is -0.396 e. The molecule has 6 heteroatoms. The van der Waals surface area contributed by atoms with Crippen molar-refractivity contribution in [3.05, 3.63) is 23.7 Å². The first-order chi connectivity index (χ1) is 7.09. The van der Waals surface area contributed by atoms with Crippen molar-refractivity contribution < 1.29 is 0 Å². The van der Waals surface area contributed by atoms with E-state index in [4.69, 9.17) is 11.5 Å². The maximum atomic E-state index is 5.80. The molecule has 0 atom stereocenters. The van der Waals surface area contributed by atoms with Crippen LogP contribution in [0.5, 0.6) is 0 Å². The molecule has 0 amide bonds. The van der Waals surface area contributed by atoms with Crippen molar-refractivity contribution in [1.29, 1.82) is 0 Å². The molecule has 0 saturated heterocycles. The van der Waals surface area contributed by atoms with Crippen LogP contribution >= 0.6 is 0 Å². The highest BCUT2D eigenvalue weighted by atomic mass is 15.4. The standard InChI is InChI=1S/C9H12N6/c1-5-3-6(2)15(14-5)9-8(11)7(10)4-12-13-9/h3-4H,1-2H3,(H2,10,13)(H2,11,12). The van der Waals surface area contributed by atoms with Crippen LogP contribution in [0, 0.1) is 13.8 Å². The fourth-order valence-corrected chi connectivity index (χ4v) is 1.40. The molecule has 0 fully saturated rings. The third kappa shape index (κ3) is 1.50. The van der Waals surface area contributed by atoms with Gasteiger partial charge in [-0.3, -0.25) is 0 Å². The number of nitrogens with zero attached hydrogens (tertiary/aromatic N) is 4. The lowest BCUT2D eigenvalue weighted by Gasteiger charge is -2.06. The number of nitrogen functional groups attached to an aromatic ring is 2. The van der Waals surface area contributed by atoms with Crippen molar-refractivity contribution in [2.45, 2.75) is 13.8 Å². The van der Waals surface area contributed by atoms with Crippen molar-refractivity contribution in [2.24, 2.45) is 0 Å². The van der Waals surface area contributed by atoms with E-state index in [9.17, 15) is 0 Å². The molecule has 0 aliphatic heterocycles. The van der Waals surface area contributed by atoms with E-state index < -0.39 is 0 Å². The van der Waals surface area contributed by atoms with E-state index in [0.29, 0.717) is 17.2 Å². The lowest BCUT2D eigenvalue weighted by Crippen LogP contribution is -2.09. The second kappa shape index (κ2) is 3.23. The second-order valence-corrected chi connectivity index (χ2v) is 3.38. The van der Waals surface area contributed by atoms with Gasteiger partial charge in [-0.05, 0) is 19.9 Å². The number of hydrogen-bond acceptors (Lipinski definition) is 5. The minimum absolute atomic E-state index is 0.399. The summed E-state index contributed by atoms with van der Waals surface area (Å²) in [5.41, 5.74) is 14.1. The highest BCUT2D eigenvalue weighted by Crippen LogP contribution is 2.20. The van der Waals surface area contributed by atoms with Crippen molar-refractivity contribution in [2.75, 3.05) is 11.5 Å². The van der Waals surface area contributed by atoms with Crippen molar-refractivity contribution >= 4 is 11.4 Å². The largest absolute Gasteiger partial charge is 0.396 e. The Morgan fingerprint density at radius 1 is 1.27 bits per heavy atom. The Morgan fingerprint density at radius 3 is 2.60 bits per heavy atom. The Bertz CT molecular complexity index is 501. The molecule has 78 valence electrons. The predicted octanol–water partition coefficient (Wildman–Crippen LogP) is 0.444. The third-order valence-electron chi connectivity index (χ3n) is 2.11. The summed E-state index contributed by atoms with van der Waals surface area (Å²) in [6.45, 7) is 3.82. The average Bonchev–Trinajstić information content (AvgIpc) is 2.50. The van der Waals surface area contributed by atoms with E-state index in [2.05, 4.69) is 15.3 Å². The molecule has 2 rings (SSSR count). The van der Waals surface area contributed by atoms with Crippen LogP contribution < -0.4 is 11.5 Å². The van der Waals surface area contributed by atoms with E-state index in [1.165, 1.54) is 6.20 Å². The molecular formula is C9H12N6. The van der Waals surface area contributed by atoms with E-state index in [1.54, 1.807) is 4.68 Å². The maximum absolute atomic E-state index is 5.80. The van der Waals surface area contributed by atoms with Gasteiger partial charge in [0.2, 0.25) is 5.82 Å². The van der Waals surface area contributed by atoms with Gasteiger partial charge in [0.25, 0.3) is 0 Å². The molecule has 2 heterocycles. The Labute approximate surface area is 86.9 Å². The number of rotatable bonds is 1. The summed E-state index contributed by atoms with van der Waals surface area (Å²) in [6.07, 6.45) is 1.42. The summed E-state index contributed by atoms with van der Waals surface area (Å²) >= 11 is 0. The lowest BCUT2D eigenvalue weighted by atomic mass is 10.3. The zero-order chi connectivity index (χ0) is 11.0. The Kier molecular flexibility index (Phi) is 2.03. The van der Waals surface area contributed by atoms with Crippen LogP contribution in [0.25, 0.3) is 5.82 Å². The van der Waals surface area contributed by atoms with Gasteiger partial charge < -0.3 is 11.5 Å². The molecule has 0 spiro atoms. The van der Waals surface area contributed by atoms with Crippen LogP contribution in [0.2, 0.25) is 0 Å². The molecule has 4 N–H and O–H groups in total. The molecule has 15 heavy (non-hydrogen) atoms. The highest BCUT2D eigenvalue weighted by molar-refractivity contribution is 5.69. The molecule has 0 aliphatic carbocycles. The molecule has 2 aromatic heterocycles. The van der Waals surface area contributed by atoms with Gasteiger partial charge in [-0.1, -0.05) is 0 Å². The lowest BCUT2D eigenvalue weighted by molar-refractivity contribution is 0.785. The van der Waals surface area contributed by atoms with Gasteiger partial charge >= 0.3 is 0 Å². The summed E-state index contributed by atoms with van der Waals surface area (Å²) in [5.74, 6) is 0.473. The van der Waals surface area contributed by atoms with Crippen LogP contribution in [0.15, 0.2) is 12.3 Å². The molecule has 0 bridgehead atoms. The zero-order valence-corrected chi connectivity index (χ0v) is 8.60. The summed E-state index contributed by atoms with van der Waals surface area (Å²) in [6, 6.07) is 1.93. The van der Waals surface area contributed by atoms with Gasteiger partial charge in [-0.15, -0.1) is 5.10 Å².